The minimum Gasteiger partial charge on any atom is -0.454 e. The van der Waals surface area contributed by atoms with Crippen LogP contribution in [0, 0.1) is 5.92 Å². The minimum absolute atomic E-state index is 0.107. The fourth-order valence-electron chi connectivity index (χ4n) is 1.94. The highest BCUT2D eigenvalue weighted by molar-refractivity contribution is 5.76. The van der Waals surface area contributed by atoms with Gasteiger partial charge in [0.25, 0.3) is 0 Å². The Balaban J connectivity index is 1.95. The first kappa shape index (κ1) is 13.7. The highest BCUT2D eigenvalue weighted by Crippen LogP contribution is 2.32. The average Bonchev–Trinajstić information content (AvgIpc) is 2.85. The lowest BCUT2D eigenvalue weighted by Gasteiger charge is -2.19. The number of carbonyl (C=O) groups is 1. The molecule has 0 saturated carbocycles. The number of carbonyl (C=O) groups excluding carboxylic acids is 1. The number of rotatable bonds is 5. The molecule has 0 fully saturated rings. The van der Waals surface area contributed by atoms with Crippen molar-refractivity contribution < 1.29 is 14.3 Å². The molecule has 0 radical (unpaired) electrons. The summed E-state index contributed by atoms with van der Waals surface area (Å²) in [4.78, 5) is 13.7. The van der Waals surface area contributed by atoms with Gasteiger partial charge >= 0.3 is 0 Å². The summed E-state index contributed by atoms with van der Waals surface area (Å²) in [5.74, 6) is 1.82. The quantitative estimate of drug-likeness (QED) is 0.872. The van der Waals surface area contributed by atoms with E-state index < -0.39 is 0 Å². The van der Waals surface area contributed by atoms with E-state index in [1.165, 1.54) is 0 Å². The molecule has 19 heavy (non-hydrogen) atoms. The van der Waals surface area contributed by atoms with Crippen LogP contribution in [0.3, 0.4) is 0 Å². The highest BCUT2D eigenvalue weighted by Gasteiger charge is 2.16. The molecule has 1 aromatic carbocycles. The molecule has 1 aromatic rings. The molecule has 2 N–H and O–H groups in total. The van der Waals surface area contributed by atoms with Gasteiger partial charge in [0, 0.05) is 20.0 Å². The van der Waals surface area contributed by atoms with Gasteiger partial charge in [-0.2, -0.15) is 0 Å². The van der Waals surface area contributed by atoms with E-state index in [0.29, 0.717) is 19.5 Å². The van der Waals surface area contributed by atoms with Crippen molar-refractivity contribution in [3.63, 3.8) is 0 Å². The molecule has 0 spiro atoms. The van der Waals surface area contributed by atoms with Crippen LogP contribution in [0.4, 0.5) is 0 Å². The zero-order chi connectivity index (χ0) is 13.8. The standard InChI is InChI=1S/C14H20N2O3/c1-10(7-15)5-14(17)16(2)8-11-3-4-12-13(6-11)19-9-18-12/h3-4,6,10H,5,7-9,15H2,1-2H3. The molecule has 5 nitrogen and oxygen atoms in total. The Morgan fingerprint density at radius 1 is 1.42 bits per heavy atom. The average molecular weight is 264 g/mol. The van der Waals surface area contributed by atoms with Gasteiger partial charge in [0.2, 0.25) is 12.7 Å². The fourth-order valence-corrected chi connectivity index (χ4v) is 1.94. The number of nitrogens with two attached hydrogens (primary N) is 1. The maximum Gasteiger partial charge on any atom is 0.231 e. The Kier molecular flexibility index (Phi) is 4.27. The summed E-state index contributed by atoms with van der Waals surface area (Å²) in [5, 5.41) is 0. The van der Waals surface area contributed by atoms with Gasteiger partial charge < -0.3 is 20.1 Å². The smallest absolute Gasteiger partial charge is 0.231 e. The second-order valence-electron chi connectivity index (χ2n) is 4.98. The molecule has 104 valence electrons. The van der Waals surface area contributed by atoms with Crippen LogP contribution in [-0.2, 0) is 11.3 Å². The van der Waals surface area contributed by atoms with Gasteiger partial charge in [0.05, 0.1) is 0 Å². The van der Waals surface area contributed by atoms with E-state index in [9.17, 15) is 4.79 Å². The number of fused-ring (bicyclic) bond motifs is 1. The lowest BCUT2D eigenvalue weighted by atomic mass is 10.1. The van der Waals surface area contributed by atoms with Crippen LogP contribution in [0.2, 0.25) is 0 Å². The molecule has 1 amide bonds. The molecule has 1 aliphatic rings. The van der Waals surface area contributed by atoms with Crippen LogP contribution in [0.1, 0.15) is 18.9 Å². The first-order valence-corrected chi connectivity index (χ1v) is 6.42. The molecule has 1 aliphatic heterocycles. The number of hydrogen-bond donors (Lipinski definition) is 1. The third-order valence-corrected chi connectivity index (χ3v) is 3.21. The van der Waals surface area contributed by atoms with Gasteiger partial charge in [-0.3, -0.25) is 4.79 Å². The van der Waals surface area contributed by atoms with E-state index >= 15 is 0 Å². The molecule has 0 saturated heterocycles. The topological polar surface area (TPSA) is 64.8 Å². The van der Waals surface area contributed by atoms with Gasteiger partial charge in [-0.15, -0.1) is 0 Å². The molecule has 1 unspecified atom stereocenters. The Bertz CT molecular complexity index is 462. The molecular formula is C14H20N2O3. The SMILES string of the molecule is CC(CN)CC(=O)N(C)Cc1ccc2c(c1)OCO2. The van der Waals surface area contributed by atoms with Crippen molar-refractivity contribution in [1.82, 2.24) is 4.90 Å². The molecule has 0 aliphatic carbocycles. The largest absolute Gasteiger partial charge is 0.454 e. The van der Waals surface area contributed by atoms with Crippen molar-refractivity contribution in [3.8, 4) is 11.5 Å². The fraction of sp³-hybridized carbons (Fsp3) is 0.500. The third kappa shape index (κ3) is 3.38. The first-order valence-electron chi connectivity index (χ1n) is 6.42. The predicted octanol–water partition coefficient (Wildman–Crippen LogP) is 1.36. The minimum atomic E-state index is 0.107. The third-order valence-electron chi connectivity index (χ3n) is 3.21. The lowest BCUT2D eigenvalue weighted by Crippen LogP contribution is -2.29. The van der Waals surface area contributed by atoms with Gasteiger partial charge in [0.15, 0.2) is 11.5 Å². The van der Waals surface area contributed by atoms with Crippen molar-refractivity contribution in [3.05, 3.63) is 23.8 Å². The molecular weight excluding hydrogens is 244 g/mol. The highest BCUT2D eigenvalue weighted by atomic mass is 16.7. The van der Waals surface area contributed by atoms with Gasteiger partial charge in [0.1, 0.15) is 0 Å². The van der Waals surface area contributed by atoms with Crippen LogP contribution >= 0.6 is 0 Å². The summed E-state index contributed by atoms with van der Waals surface area (Å²) in [7, 11) is 1.80. The van der Waals surface area contributed by atoms with Crippen LogP contribution in [0.25, 0.3) is 0 Å². The molecule has 0 bridgehead atoms. The van der Waals surface area contributed by atoms with Crippen molar-refractivity contribution in [2.24, 2.45) is 11.7 Å². The number of amides is 1. The summed E-state index contributed by atoms with van der Waals surface area (Å²) in [5.41, 5.74) is 6.56. The number of nitrogens with zero attached hydrogens (tertiary/aromatic N) is 1. The maximum absolute atomic E-state index is 12.0. The molecule has 0 aromatic heterocycles. The van der Waals surface area contributed by atoms with E-state index in [1.54, 1.807) is 11.9 Å². The Hall–Kier alpha value is -1.75. The van der Waals surface area contributed by atoms with E-state index in [2.05, 4.69) is 0 Å². The Labute approximate surface area is 113 Å². The summed E-state index contributed by atoms with van der Waals surface area (Å²) < 4.78 is 10.6. The monoisotopic (exact) mass is 264 g/mol. The summed E-state index contributed by atoms with van der Waals surface area (Å²) in [6.45, 7) is 3.34. The van der Waals surface area contributed by atoms with E-state index in [0.717, 1.165) is 17.1 Å². The normalized spacial score (nSPS) is 14.3. The summed E-state index contributed by atoms with van der Waals surface area (Å²) in [6.07, 6.45) is 0.484. The van der Waals surface area contributed by atoms with Crippen molar-refractivity contribution in [2.75, 3.05) is 20.4 Å². The molecule has 5 heteroatoms. The second-order valence-corrected chi connectivity index (χ2v) is 4.98. The zero-order valence-electron chi connectivity index (χ0n) is 11.4. The van der Waals surface area contributed by atoms with Gasteiger partial charge in [-0.25, -0.2) is 0 Å². The van der Waals surface area contributed by atoms with Crippen LogP contribution in [-0.4, -0.2) is 31.2 Å². The number of ether oxygens (including phenoxy) is 2. The molecule has 1 atom stereocenters. The lowest BCUT2D eigenvalue weighted by molar-refractivity contribution is -0.131. The first-order chi connectivity index (χ1) is 9.10. The van der Waals surface area contributed by atoms with E-state index in [1.807, 2.05) is 25.1 Å². The second kappa shape index (κ2) is 5.93. The molecule has 2 rings (SSSR count). The van der Waals surface area contributed by atoms with Crippen LogP contribution in [0.15, 0.2) is 18.2 Å². The number of hydrogen-bond acceptors (Lipinski definition) is 4. The van der Waals surface area contributed by atoms with Crippen molar-refractivity contribution in [1.29, 1.82) is 0 Å². The predicted molar refractivity (Wildman–Crippen MR) is 71.9 cm³/mol. The van der Waals surface area contributed by atoms with Crippen molar-refractivity contribution in [2.45, 2.75) is 19.9 Å². The summed E-state index contributed by atoms with van der Waals surface area (Å²) >= 11 is 0. The Morgan fingerprint density at radius 2 is 2.16 bits per heavy atom. The maximum atomic E-state index is 12.0. The van der Waals surface area contributed by atoms with E-state index in [4.69, 9.17) is 15.2 Å². The molecule has 1 heterocycles. The van der Waals surface area contributed by atoms with Crippen LogP contribution < -0.4 is 15.2 Å². The van der Waals surface area contributed by atoms with Gasteiger partial charge in [-0.05, 0) is 30.2 Å². The van der Waals surface area contributed by atoms with Crippen LogP contribution in [0.5, 0.6) is 11.5 Å². The number of benzene rings is 1. The zero-order valence-corrected chi connectivity index (χ0v) is 11.4. The Morgan fingerprint density at radius 3 is 2.89 bits per heavy atom. The van der Waals surface area contributed by atoms with Gasteiger partial charge in [-0.1, -0.05) is 13.0 Å². The summed E-state index contributed by atoms with van der Waals surface area (Å²) in [6, 6.07) is 5.74. The van der Waals surface area contributed by atoms with Crippen molar-refractivity contribution >= 4 is 5.91 Å². The van der Waals surface area contributed by atoms with E-state index in [-0.39, 0.29) is 18.6 Å².